The largest absolute Gasteiger partial charge is 0.330 e. The highest BCUT2D eigenvalue weighted by molar-refractivity contribution is 9.10. The molecule has 5 heteroatoms. The van der Waals surface area contributed by atoms with Crippen molar-refractivity contribution in [2.75, 3.05) is 11.9 Å². The standard InChI is InChI=1S/C12H16BrFN2O/c1-7(2)9(6-15)12(17)16-11-4-3-8(14)5-10(11)13/h3-5,7,9H,6,15H2,1-2H3,(H,16,17). The van der Waals surface area contributed by atoms with E-state index in [-0.39, 0.29) is 23.6 Å². The number of amides is 1. The molecule has 3 N–H and O–H groups in total. The van der Waals surface area contributed by atoms with E-state index in [0.29, 0.717) is 16.7 Å². The summed E-state index contributed by atoms with van der Waals surface area (Å²) in [6.45, 7) is 4.18. The van der Waals surface area contributed by atoms with Crippen molar-refractivity contribution in [3.05, 3.63) is 28.5 Å². The zero-order chi connectivity index (χ0) is 13.0. The normalized spacial score (nSPS) is 12.6. The highest BCUT2D eigenvalue weighted by Gasteiger charge is 2.21. The summed E-state index contributed by atoms with van der Waals surface area (Å²) in [5, 5.41) is 2.74. The Labute approximate surface area is 109 Å². The molecule has 1 rings (SSSR count). The van der Waals surface area contributed by atoms with E-state index >= 15 is 0 Å². The molecule has 0 aromatic heterocycles. The SMILES string of the molecule is CC(C)C(CN)C(=O)Nc1ccc(F)cc1Br. The smallest absolute Gasteiger partial charge is 0.229 e. The van der Waals surface area contributed by atoms with Crippen LogP contribution in [-0.2, 0) is 4.79 Å². The van der Waals surface area contributed by atoms with Crippen LogP contribution in [0.25, 0.3) is 0 Å². The average molecular weight is 303 g/mol. The Bertz CT molecular complexity index is 409. The molecule has 1 aromatic rings. The first kappa shape index (κ1) is 14.1. The van der Waals surface area contributed by atoms with Gasteiger partial charge in [-0.15, -0.1) is 0 Å². The van der Waals surface area contributed by atoms with E-state index in [1.807, 2.05) is 13.8 Å². The molecule has 0 fully saturated rings. The van der Waals surface area contributed by atoms with E-state index in [1.165, 1.54) is 18.2 Å². The maximum atomic E-state index is 12.9. The van der Waals surface area contributed by atoms with Gasteiger partial charge in [-0.3, -0.25) is 4.79 Å². The summed E-state index contributed by atoms with van der Waals surface area (Å²) in [5.74, 6) is -0.574. The lowest BCUT2D eigenvalue weighted by atomic mass is 9.95. The number of rotatable bonds is 4. The van der Waals surface area contributed by atoms with E-state index in [9.17, 15) is 9.18 Å². The lowest BCUT2D eigenvalue weighted by Gasteiger charge is -2.18. The van der Waals surface area contributed by atoms with Gasteiger partial charge in [-0.2, -0.15) is 0 Å². The lowest BCUT2D eigenvalue weighted by Crippen LogP contribution is -2.33. The van der Waals surface area contributed by atoms with Crippen molar-refractivity contribution in [1.29, 1.82) is 0 Å². The Morgan fingerprint density at radius 3 is 2.65 bits per heavy atom. The molecular weight excluding hydrogens is 287 g/mol. The molecule has 0 aliphatic carbocycles. The number of carbonyl (C=O) groups is 1. The van der Waals surface area contributed by atoms with Gasteiger partial charge >= 0.3 is 0 Å². The second-order valence-corrected chi connectivity index (χ2v) is 5.05. The highest BCUT2D eigenvalue weighted by atomic mass is 79.9. The fraction of sp³-hybridized carbons (Fsp3) is 0.417. The van der Waals surface area contributed by atoms with Gasteiger partial charge < -0.3 is 11.1 Å². The molecular formula is C12H16BrFN2O. The number of carbonyl (C=O) groups excluding carboxylic acids is 1. The predicted octanol–water partition coefficient (Wildman–Crippen LogP) is 2.76. The minimum atomic E-state index is -0.353. The zero-order valence-corrected chi connectivity index (χ0v) is 11.4. The third kappa shape index (κ3) is 3.78. The molecule has 0 saturated heterocycles. The van der Waals surface area contributed by atoms with E-state index in [0.717, 1.165) is 0 Å². The van der Waals surface area contributed by atoms with Crippen molar-refractivity contribution >= 4 is 27.5 Å². The maximum Gasteiger partial charge on any atom is 0.229 e. The van der Waals surface area contributed by atoms with Gasteiger partial charge in [0.05, 0.1) is 11.6 Å². The van der Waals surface area contributed by atoms with Crippen molar-refractivity contribution in [2.45, 2.75) is 13.8 Å². The van der Waals surface area contributed by atoms with Crippen LogP contribution in [0.2, 0.25) is 0 Å². The Morgan fingerprint density at radius 2 is 2.18 bits per heavy atom. The number of benzene rings is 1. The number of hydrogen-bond acceptors (Lipinski definition) is 2. The fourth-order valence-electron chi connectivity index (χ4n) is 1.50. The summed E-state index contributed by atoms with van der Waals surface area (Å²) in [6, 6.07) is 4.13. The third-order valence-electron chi connectivity index (χ3n) is 2.58. The molecule has 1 aromatic carbocycles. The average Bonchev–Trinajstić information content (AvgIpc) is 2.22. The molecule has 1 unspecified atom stereocenters. The highest BCUT2D eigenvalue weighted by Crippen LogP contribution is 2.24. The molecule has 0 aliphatic rings. The molecule has 0 aliphatic heterocycles. The Hall–Kier alpha value is -0.940. The molecule has 94 valence electrons. The summed E-state index contributed by atoms with van der Waals surface area (Å²) < 4.78 is 13.4. The summed E-state index contributed by atoms with van der Waals surface area (Å²) in [5.41, 5.74) is 6.11. The first-order valence-corrected chi connectivity index (χ1v) is 6.21. The van der Waals surface area contributed by atoms with Gasteiger partial charge in [-0.05, 0) is 40.0 Å². The summed E-state index contributed by atoms with van der Waals surface area (Å²) in [6.07, 6.45) is 0. The van der Waals surface area contributed by atoms with Crippen LogP contribution >= 0.6 is 15.9 Å². The molecule has 0 bridgehead atoms. The minimum Gasteiger partial charge on any atom is -0.330 e. The van der Waals surface area contributed by atoms with Crippen molar-refractivity contribution in [3.8, 4) is 0 Å². The van der Waals surface area contributed by atoms with Gasteiger partial charge in [0.1, 0.15) is 5.82 Å². The van der Waals surface area contributed by atoms with Crippen LogP contribution in [0.3, 0.4) is 0 Å². The lowest BCUT2D eigenvalue weighted by molar-refractivity contribution is -0.120. The Kier molecular flexibility index (Phi) is 5.08. The van der Waals surface area contributed by atoms with Crippen LogP contribution < -0.4 is 11.1 Å². The van der Waals surface area contributed by atoms with Crippen LogP contribution in [0.15, 0.2) is 22.7 Å². The first-order chi connectivity index (χ1) is 7.95. The molecule has 3 nitrogen and oxygen atoms in total. The Balaban J connectivity index is 2.80. The molecule has 1 amide bonds. The van der Waals surface area contributed by atoms with Gasteiger partial charge in [0, 0.05) is 11.0 Å². The van der Waals surface area contributed by atoms with Gasteiger partial charge in [0.2, 0.25) is 5.91 Å². The molecule has 0 radical (unpaired) electrons. The number of nitrogens with one attached hydrogen (secondary N) is 1. The number of nitrogens with two attached hydrogens (primary N) is 1. The number of hydrogen-bond donors (Lipinski definition) is 2. The van der Waals surface area contributed by atoms with Crippen LogP contribution in [0.4, 0.5) is 10.1 Å². The van der Waals surface area contributed by atoms with Gasteiger partial charge in [-0.1, -0.05) is 13.8 Å². The summed E-state index contributed by atoms with van der Waals surface area (Å²) >= 11 is 3.20. The second-order valence-electron chi connectivity index (χ2n) is 4.20. The van der Waals surface area contributed by atoms with Crippen molar-refractivity contribution in [2.24, 2.45) is 17.6 Å². The monoisotopic (exact) mass is 302 g/mol. The Morgan fingerprint density at radius 1 is 1.53 bits per heavy atom. The van der Waals surface area contributed by atoms with Crippen LogP contribution in [0, 0.1) is 17.7 Å². The quantitative estimate of drug-likeness (QED) is 0.898. The van der Waals surface area contributed by atoms with Gasteiger partial charge in [0.25, 0.3) is 0 Å². The third-order valence-corrected chi connectivity index (χ3v) is 3.24. The van der Waals surface area contributed by atoms with Crippen LogP contribution in [0.1, 0.15) is 13.8 Å². The maximum absolute atomic E-state index is 12.9. The van der Waals surface area contributed by atoms with E-state index < -0.39 is 0 Å². The second kappa shape index (κ2) is 6.12. The van der Waals surface area contributed by atoms with E-state index in [1.54, 1.807) is 0 Å². The molecule has 17 heavy (non-hydrogen) atoms. The van der Waals surface area contributed by atoms with Gasteiger partial charge in [0.15, 0.2) is 0 Å². The minimum absolute atomic E-state index is 0.144. The zero-order valence-electron chi connectivity index (χ0n) is 9.84. The molecule has 1 atom stereocenters. The van der Waals surface area contributed by atoms with Crippen molar-refractivity contribution in [3.63, 3.8) is 0 Å². The molecule has 0 saturated carbocycles. The van der Waals surface area contributed by atoms with Gasteiger partial charge in [-0.25, -0.2) is 4.39 Å². The fourth-order valence-corrected chi connectivity index (χ4v) is 1.95. The van der Waals surface area contributed by atoms with Crippen LogP contribution in [0.5, 0.6) is 0 Å². The van der Waals surface area contributed by atoms with Crippen molar-refractivity contribution in [1.82, 2.24) is 0 Å². The summed E-state index contributed by atoms with van der Waals surface area (Å²) in [4.78, 5) is 11.9. The van der Waals surface area contributed by atoms with Crippen LogP contribution in [-0.4, -0.2) is 12.5 Å². The predicted molar refractivity (Wildman–Crippen MR) is 70.1 cm³/mol. The summed E-state index contributed by atoms with van der Waals surface area (Å²) in [7, 11) is 0. The number of halogens is 2. The molecule has 0 heterocycles. The first-order valence-electron chi connectivity index (χ1n) is 5.41. The van der Waals surface area contributed by atoms with E-state index in [4.69, 9.17) is 5.73 Å². The van der Waals surface area contributed by atoms with Crippen molar-refractivity contribution < 1.29 is 9.18 Å². The van der Waals surface area contributed by atoms with E-state index in [2.05, 4.69) is 21.2 Å². The molecule has 0 spiro atoms. The number of anilines is 1. The topological polar surface area (TPSA) is 55.1 Å².